The second kappa shape index (κ2) is 5.98. The summed E-state index contributed by atoms with van der Waals surface area (Å²) in [6, 6.07) is 4.97. The monoisotopic (exact) mass is 253 g/mol. The van der Waals surface area contributed by atoms with Crippen molar-refractivity contribution >= 4 is 11.3 Å². The molecule has 3 heteroatoms. The van der Waals surface area contributed by atoms with Crippen molar-refractivity contribution in [2.45, 2.75) is 31.7 Å². The standard InChI is InChI=1S/C14H23NOS/c1-15(2)14(13-4-3-9-17-13)12-7-5-11(10-16)6-8-12/h3-4,9,11-12,14,16H,5-8,10H2,1-2H3. The van der Waals surface area contributed by atoms with Crippen LogP contribution in [-0.4, -0.2) is 30.7 Å². The van der Waals surface area contributed by atoms with E-state index in [1.807, 2.05) is 11.3 Å². The van der Waals surface area contributed by atoms with E-state index in [9.17, 15) is 5.11 Å². The lowest BCUT2D eigenvalue weighted by molar-refractivity contribution is 0.120. The van der Waals surface area contributed by atoms with Crippen molar-refractivity contribution < 1.29 is 5.11 Å². The van der Waals surface area contributed by atoms with Gasteiger partial charge in [-0.3, -0.25) is 0 Å². The summed E-state index contributed by atoms with van der Waals surface area (Å²) in [6.45, 7) is 0.373. The van der Waals surface area contributed by atoms with E-state index in [1.165, 1.54) is 30.6 Å². The topological polar surface area (TPSA) is 23.5 Å². The van der Waals surface area contributed by atoms with E-state index >= 15 is 0 Å². The third-order valence-electron chi connectivity index (χ3n) is 3.99. The van der Waals surface area contributed by atoms with Crippen LogP contribution in [0.4, 0.5) is 0 Å². The minimum atomic E-state index is 0.373. The van der Waals surface area contributed by atoms with Crippen molar-refractivity contribution in [3.8, 4) is 0 Å². The number of aliphatic hydroxyl groups is 1. The Morgan fingerprint density at radius 3 is 2.53 bits per heavy atom. The smallest absolute Gasteiger partial charge is 0.0463 e. The molecule has 0 amide bonds. The molecule has 0 saturated heterocycles. The van der Waals surface area contributed by atoms with E-state index in [2.05, 4.69) is 36.5 Å². The van der Waals surface area contributed by atoms with E-state index in [4.69, 9.17) is 0 Å². The number of nitrogens with zero attached hydrogens (tertiary/aromatic N) is 1. The first-order chi connectivity index (χ1) is 8.22. The highest BCUT2D eigenvalue weighted by atomic mass is 32.1. The van der Waals surface area contributed by atoms with Gasteiger partial charge in [-0.1, -0.05) is 6.07 Å². The molecule has 0 aromatic carbocycles. The van der Waals surface area contributed by atoms with Gasteiger partial charge in [0.05, 0.1) is 0 Å². The van der Waals surface area contributed by atoms with Crippen LogP contribution in [0.5, 0.6) is 0 Å². The van der Waals surface area contributed by atoms with Gasteiger partial charge >= 0.3 is 0 Å². The van der Waals surface area contributed by atoms with Gasteiger partial charge in [-0.25, -0.2) is 0 Å². The van der Waals surface area contributed by atoms with E-state index < -0.39 is 0 Å². The molecule has 0 aliphatic heterocycles. The molecule has 96 valence electrons. The first-order valence-electron chi connectivity index (χ1n) is 6.53. The molecular formula is C14H23NOS. The molecule has 1 aromatic rings. The molecule has 17 heavy (non-hydrogen) atoms. The Balaban J connectivity index is 2.03. The highest BCUT2D eigenvalue weighted by Gasteiger charge is 2.30. The third-order valence-corrected chi connectivity index (χ3v) is 4.93. The Kier molecular flexibility index (Phi) is 4.60. The van der Waals surface area contributed by atoms with Crippen LogP contribution < -0.4 is 0 Å². The Morgan fingerprint density at radius 2 is 2.06 bits per heavy atom. The average Bonchev–Trinajstić information content (AvgIpc) is 2.83. The maximum Gasteiger partial charge on any atom is 0.0463 e. The predicted octanol–water partition coefficient (Wildman–Crippen LogP) is 3.15. The Labute approximate surface area is 108 Å². The van der Waals surface area contributed by atoms with Crippen LogP contribution >= 0.6 is 11.3 Å². The maximum absolute atomic E-state index is 9.20. The number of thiophene rings is 1. The molecular weight excluding hydrogens is 230 g/mol. The van der Waals surface area contributed by atoms with Crippen LogP contribution in [0.25, 0.3) is 0 Å². The van der Waals surface area contributed by atoms with Crippen molar-refractivity contribution in [2.75, 3.05) is 20.7 Å². The summed E-state index contributed by atoms with van der Waals surface area (Å²) in [6.07, 6.45) is 4.89. The summed E-state index contributed by atoms with van der Waals surface area (Å²) in [4.78, 5) is 3.85. The van der Waals surface area contributed by atoms with Gasteiger partial charge in [-0.2, -0.15) is 0 Å². The normalized spacial score (nSPS) is 27.3. The Hall–Kier alpha value is -0.380. The first-order valence-corrected chi connectivity index (χ1v) is 7.41. The highest BCUT2D eigenvalue weighted by Crippen LogP contribution is 2.40. The number of hydrogen-bond acceptors (Lipinski definition) is 3. The van der Waals surface area contributed by atoms with Crippen molar-refractivity contribution in [3.63, 3.8) is 0 Å². The fourth-order valence-electron chi connectivity index (χ4n) is 3.05. The van der Waals surface area contributed by atoms with Crippen LogP contribution in [-0.2, 0) is 0 Å². The molecule has 2 nitrogen and oxygen atoms in total. The van der Waals surface area contributed by atoms with Gasteiger partial charge in [0, 0.05) is 17.5 Å². The van der Waals surface area contributed by atoms with Crippen LogP contribution in [0.1, 0.15) is 36.6 Å². The summed E-state index contributed by atoms with van der Waals surface area (Å²) < 4.78 is 0. The molecule has 2 rings (SSSR count). The zero-order valence-electron chi connectivity index (χ0n) is 10.8. The van der Waals surface area contributed by atoms with Crippen LogP contribution in [0.3, 0.4) is 0 Å². The molecule has 1 atom stereocenters. The van der Waals surface area contributed by atoms with Crippen LogP contribution in [0.15, 0.2) is 17.5 Å². The Bertz CT molecular complexity index is 315. The van der Waals surface area contributed by atoms with Crippen LogP contribution in [0, 0.1) is 11.8 Å². The summed E-state index contributed by atoms with van der Waals surface area (Å²) in [5.74, 6) is 1.31. The quantitative estimate of drug-likeness (QED) is 0.891. The van der Waals surface area contributed by atoms with Crippen molar-refractivity contribution in [2.24, 2.45) is 11.8 Å². The molecule has 0 radical (unpaired) electrons. The van der Waals surface area contributed by atoms with E-state index in [-0.39, 0.29) is 0 Å². The first kappa shape index (κ1) is 13.1. The summed E-state index contributed by atoms with van der Waals surface area (Å²) in [5, 5.41) is 11.4. The molecule has 1 heterocycles. The SMILES string of the molecule is CN(C)C(c1cccs1)C1CCC(CO)CC1. The lowest BCUT2D eigenvalue weighted by Gasteiger charge is -2.36. The van der Waals surface area contributed by atoms with Crippen molar-refractivity contribution in [1.82, 2.24) is 4.90 Å². The fourth-order valence-corrected chi connectivity index (χ4v) is 4.07. The van der Waals surface area contributed by atoms with Gasteiger partial charge in [0.15, 0.2) is 0 Å². The van der Waals surface area contributed by atoms with E-state index in [0.29, 0.717) is 18.6 Å². The van der Waals surface area contributed by atoms with E-state index in [0.717, 1.165) is 5.92 Å². The van der Waals surface area contributed by atoms with Gasteiger partial charge in [-0.15, -0.1) is 11.3 Å². The molecule has 0 spiro atoms. The van der Waals surface area contributed by atoms with Gasteiger partial charge in [0.2, 0.25) is 0 Å². The summed E-state index contributed by atoms with van der Waals surface area (Å²) in [7, 11) is 4.37. The summed E-state index contributed by atoms with van der Waals surface area (Å²) >= 11 is 1.87. The summed E-state index contributed by atoms with van der Waals surface area (Å²) in [5.41, 5.74) is 0. The average molecular weight is 253 g/mol. The molecule has 1 aliphatic rings. The fraction of sp³-hybridized carbons (Fsp3) is 0.714. The van der Waals surface area contributed by atoms with Gasteiger partial charge < -0.3 is 10.0 Å². The molecule has 1 aromatic heterocycles. The van der Waals surface area contributed by atoms with Gasteiger partial charge in [0.25, 0.3) is 0 Å². The lowest BCUT2D eigenvalue weighted by Crippen LogP contribution is -2.30. The Morgan fingerprint density at radius 1 is 1.35 bits per heavy atom. The van der Waals surface area contributed by atoms with Gasteiger partial charge in [0.1, 0.15) is 0 Å². The number of rotatable bonds is 4. The highest BCUT2D eigenvalue weighted by molar-refractivity contribution is 7.10. The molecule has 1 N–H and O–H groups in total. The minimum absolute atomic E-state index is 0.373. The minimum Gasteiger partial charge on any atom is -0.396 e. The second-order valence-corrected chi connectivity index (χ2v) is 6.37. The zero-order chi connectivity index (χ0) is 12.3. The van der Waals surface area contributed by atoms with Crippen molar-refractivity contribution in [3.05, 3.63) is 22.4 Å². The lowest BCUT2D eigenvalue weighted by atomic mass is 9.78. The molecule has 1 unspecified atom stereocenters. The molecule has 1 saturated carbocycles. The zero-order valence-corrected chi connectivity index (χ0v) is 11.6. The maximum atomic E-state index is 9.20. The molecule has 1 aliphatic carbocycles. The van der Waals surface area contributed by atoms with E-state index in [1.54, 1.807) is 0 Å². The van der Waals surface area contributed by atoms with Gasteiger partial charge in [-0.05, 0) is 63.1 Å². The predicted molar refractivity (Wildman–Crippen MR) is 73.3 cm³/mol. The van der Waals surface area contributed by atoms with Crippen molar-refractivity contribution in [1.29, 1.82) is 0 Å². The second-order valence-electron chi connectivity index (χ2n) is 5.39. The van der Waals surface area contributed by atoms with Crippen LogP contribution in [0.2, 0.25) is 0 Å². The molecule has 1 fully saturated rings. The third kappa shape index (κ3) is 3.09. The number of hydrogen-bond donors (Lipinski definition) is 1. The molecule has 0 bridgehead atoms. The largest absolute Gasteiger partial charge is 0.396 e. The number of aliphatic hydroxyl groups excluding tert-OH is 1.